The molecule has 5 heteroatoms. The maximum absolute atomic E-state index is 11.9. The van der Waals surface area contributed by atoms with Gasteiger partial charge in [-0.15, -0.1) is 0 Å². The van der Waals surface area contributed by atoms with Crippen LogP contribution in [0.25, 0.3) is 0 Å². The molecule has 0 radical (unpaired) electrons. The minimum atomic E-state index is -0.891. The van der Waals surface area contributed by atoms with Crippen LogP contribution in [0.1, 0.15) is 49.6 Å². The molecule has 1 saturated carbocycles. The van der Waals surface area contributed by atoms with Gasteiger partial charge in [0.2, 0.25) is 5.75 Å². The number of amides is 1. The molecule has 0 bridgehead atoms. The Kier molecular flexibility index (Phi) is 4.24. The van der Waals surface area contributed by atoms with Gasteiger partial charge in [0.15, 0.2) is 5.76 Å². The predicted octanol–water partition coefficient (Wildman–Crippen LogP) is 2.04. The molecule has 1 atom stereocenters. The Labute approximate surface area is 111 Å². The molecule has 0 saturated heterocycles. The van der Waals surface area contributed by atoms with Crippen LogP contribution >= 0.6 is 0 Å². The van der Waals surface area contributed by atoms with Crippen molar-refractivity contribution in [3.8, 4) is 5.75 Å². The van der Waals surface area contributed by atoms with Crippen LogP contribution in [0.2, 0.25) is 0 Å². The fourth-order valence-corrected chi connectivity index (χ4v) is 2.56. The summed E-state index contributed by atoms with van der Waals surface area (Å²) in [6, 6.07) is 2.54. The predicted molar refractivity (Wildman–Crippen MR) is 70.1 cm³/mol. The number of rotatable bonds is 3. The van der Waals surface area contributed by atoms with Crippen molar-refractivity contribution in [1.29, 1.82) is 0 Å². The molecule has 1 amide bonds. The molecule has 1 aliphatic carbocycles. The number of carbonyl (C=O) groups is 1. The van der Waals surface area contributed by atoms with Crippen LogP contribution in [0, 0.1) is 5.92 Å². The molecule has 1 fully saturated rings. The van der Waals surface area contributed by atoms with Gasteiger partial charge in [0.25, 0.3) is 5.91 Å². The zero-order valence-corrected chi connectivity index (χ0v) is 11.0. The van der Waals surface area contributed by atoms with Crippen molar-refractivity contribution in [1.82, 2.24) is 5.32 Å². The van der Waals surface area contributed by atoms with Crippen molar-refractivity contribution in [3.63, 3.8) is 0 Å². The minimum Gasteiger partial charge on any atom is -0.502 e. The summed E-state index contributed by atoms with van der Waals surface area (Å²) in [6.45, 7) is 1.98. The highest BCUT2D eigenvalue weighted by atomic mass is 16.4. The summed E-state index contributed by atoms with van der Waals surface area (Å²) in [6.07, 6.45) is 5.93. The summed E-state index contributed by atoms with van der Waals surface area (Å²) in [4.78, 5) is 23.1. The number of nitrogens with one attached hydrogen (secondary N) is 1. The Balaban J connectivity index is 1.99. The number of aromatic hydroxyl groups is 1. The highest BCUT2D eigenvalue weighted by molar-refractivity contribution is 5.91. The van der Waals surface area contributed by atoms with Gasteiger partial charge in [-0.3, -0.25) is 4.79 Å². The van der Waals surface area contributed by atoms with E-state index in [-0.39, 0.29) is 11.8 Å². The standard InChI is InChI=1S/C14H19NO4/c1-9(10-5-3-2-4-6-10)15-13(17)12-8-7-11(16)14(18)19-12/h7-10,16H,2-6H2,1H3,(H,15,17). The van der Waals surface area contributed by atoms with Crippen molar-refractivity contribution in [2.24, 2.45) is 5.92 Å². The third-order valence-electron chi connectivity index (χ3n) is 3.74. The average molecular weight is 265 g/mol. The largest absolute Gasteiger partial charge is 0.502 e. The van der Waals surface area contributed by atoms with Crippen LogP contribution in [0.5, 0.6) is 5.75 Å². The molecular formula is C14H19NO4. The zero-order chi connectivity index (χ0) is 13.8. The Morgan fingerprint density at radius 2 is 2.05 bits per heavy atom. The van der Waals surface area contributed by atoms with Gasteiger partial charge in [-0.2, -0.15) is 0 Å². The van der Waals surface area contributed by atoms with Gasteiger partial charge >= 0.3 is 5.63 Å². The first-order valence-corrected chi connectivity index (χ1v) is 6.72. The van der Waals surface area contributed by atoms with Crippen LogP contribution in [0.15, 0.2) is 21.3 Å². The van der Waals surface area contributed by atoms with Crippen LogP contribution in [-0.4, -0.2) is 17.1 Å². The maximum Gasteiger partial charge on any atom is 0.378 e. The topological polar surface area (TPSA) is 79.5 Å². The van der Waals surface area contributed by atoms with Crippen LogP contribution in [0.4, 0.5) is 0 Å². The molecule has 1 aromatic heterocycles. The van der Waals surface area contributed by atoms with Crippen molar-refractivity contribution in [3.05, 3.63) is 28.3 Å². The number of hydrogen-bond donors (Lipinski definition) is 2. The van der Waals surface area contributed by atoms with Gasteiger partial charge in [0.1, 0.15) is 0 Å². The normalized spacial score (nSPS) is 17.9. The number of carbonyl (C=O) groups excluding carboxylic acids is 1. The van der Waals surface area contributed by atoms with Crippen molar-refractivity contribution in [2.45, 2.75) is 45.1 Å². The highest BCUT2D eigenvalue weighted by Crippen LogP contribution is 2.26. The summed E-state index contributed by atoms with van der Waals surface area (Å²) in [5.41, 5.74) is -0.891. The smallest absolute Gasteiger partial charge is 0.378 e. The van der Waals surface area contributed by atoms with Crippen molar-refractivity contribution >= 4 is 5.91 Å². The van der Waals surface area contributed by atoms with E-state index in [4.69, 9.17) is 9.52 Å². The van der Waals surface area contributed by atoms with Crippen LogP contribution in [-0.2, 0) is 0 Å². The first-order valence-electron chi connectivity index (χ1n) is 6.72. The van der Waals surface area contributed by atoms with E-state index in [1.54, 1.807) is 0 Å². The SMILES string of the molecule is CC(NC(=O)c1ccc(O)c(=O)o1)C1CCCCC1. The van der Waals surface area contributed by atoms with Crippen molar-refractivity contribution < 1.29 is 14.3 Å². The molecule has 1 aromatic rings. The lowest BCUT2D eigenvalue weighted by atomic mass is 9.84. The molecule has 1 unspecified atom stereocenters. The summed E-state index contributed by atoms with van der Waals surface area (Å²) in [5, 5.41) is 11.9. The molecule has 0 aliphatic heterocycles. The average Bonchev–Trinajstić information content (AvgIpc) is 2.42. The Bertz CT molecular complexity index is 502. The second-order valence-corrected chi connectivity index (χ2v) is 5.13. The molecule has 1 heterocycles. The van der Waals surface area contributed by atoms with E-state index in [2.05, 4.69) is 5.32 Å². The summed E-state index contributed by atoms with van der Waals surface area (Å²) >= 11 is 0. The third-order valence-corrected chi connectivity index (χ3v) is 3.74. The molecular weight excluding hydrogens is 246 g/mol. The summed E-state index contributed by atoms with van der Waals surface area (Å²) in [5.74, 6) is -0.473. The second-order valence-electron chi connectivity index (χ2n) is 5.13. The molecule has 5 nitrogen and oxygen atoms in total. The molecule has 1 aliphatic rings. The van der Waals surface area contributed by atoms with E-state index in [1.807, 2.05) is 6.92 Å². The fraction of sp³-hybridized carbons (Fsp3) is 0.571. The molecule has 19 heavy (non-hydrogen) atoms. The Morgan fingerprint density at radius 3 is 2.68 bits per heavy atom. The van der Waals surface area contributed by atoms with E-state index in [0.717, 1.165) is 12.8 Å². The monoisotopic (exact) mass is 265 g/mol. The molecule has 2 rings (SSSR count). The Hall–Kier alpha value is -1.78. The fourth-order valence-electron chi connectivity index (χ4n) is 2.56. The van der Waals surface area contributed by atoms with Gasteiger partial charge in [0.05, 0.1) is 0 Å². The van der Waals surface area contributed by atoms with Crippen molar-refractivity contribution in [2.75, 3.05) is 0 Å². The van der Waals surface area contributed by atoms with Crippen LogP contribution < -0.4 is 10.9 Å². The highest BCUT2D eigenvalue weighted by Gasteiger charge is 2.22. The maximum atomic E-state index is 11.9. The molecule has 0 aromatic carbocycles. The first kappa shape index (κ1) is 13.6. The summed E-state index contributed by atoms with van der Waals surface area (Å²) < 4.78 is 4.74. The lowest BCUT2D eigenvalue weighted by molar-refractivity contribution is 0.0885. The van der Waals surface area contributed by atoms with E-state index in [0.29, 0.717) is 5.92 Å². The first-order chi connectivity index (χ1) is 9.08. The van der Waals surface area contributed by atoms with Gasteiger partial charge < -0.3 is 14.8 Å². The van der Waals surface area contributed by atoms with Gasteiger partial charge in [0, 0.05) is 6.04 Å². The van der Waals surface area contributed by atoms with E-state index < -0.39 is 17.3 Å². The van der Waals surface area contributed by atoms with Gasteiger partial charge in [-0.05, 0) is 37.8 Å². The molecule has 2 N–H and O–H groups in total. The number of hydrogen-bond acceptors (Lipinski definition) is 4. The third kappa shape index (κ3) is 3.36. The second kappa shape index (κ2) is 5.91. The van der Waals surface area contributed by atoms with E-state index >= 15 is 0 Å². The van der Waals surface area contributed by atoms with Crippen LogP contribution in [0.3, 0.4) is 0 Å². The molecule has 104 valence electrons. The van der Waals surface area contributed by atoms with Gasteiger partial charge in [-0.25, -0.2) is 4.79 Å². The Morgan fingerprint density at radius 1 is 1.37 bits per heavy atom. The quantitative estimate of drug-likeness (QED) is 0.876. The van der Waals surface area contributed by atoms with E-state index in [1.165, 1.54) is 31.4 Å². The lowest BCUT2D eigenvalue weighted by Gasteiger charge is -2.28. The lowest BCUT2D eigenvalue weighted by Crippen LogP contribution is -2.39. The minimum absolute atomic E-state index is 0.0619. The van der Waals surface area contributed by atoms with Gasteiger partial charge in [-0.1, -0.05) is 19.3 Å². The molecule has 0 spiro atoms. The zero-order valence-electron chi connectivity index (χ0n) is 11.0. The summed E-state index contributed by atoms with van der Waals surface area (Å²) in [7, 11) is 0. The van der Waals surface area contributed by atoms with E-state index in [9.17, 15) is 9.59 Å².